The molecule has 0 atom stereocenters. The van der Waals surface area contributed by atoms with Gasteiger partial charge in [0.15, 0.2) is 0 Å². The Hall–Kier alpha value is -0.130. The Balaban J connectivity index is 4.04. The summed E-state index contributed by atoms with van der Waals surface area (Å²) in [6, 6.07) is 0. The monoisotopic (exact) mass is 275 g/mol. The molecule has 0 saturated carbocycles. The average molecular weight is 275 g/mol. The van der Waals surface area contributed by atoms with Gasteiger partial charge in [-0.1, -0.05) is 0 Å². The number of hydrogen-bond donors (Lipinski definition) is 1. The standard InChI is InChI=1S/C7H13FIO2/c1-6(7(10)11)4-9(2,3)5-8/h1,4-5H2,2-3H3,(H,10,11)/q-1. The van der Waals surface area contributed by atoms with E-state index in [0.717, 1.165) is 0 Å². The van der Waals surface area contributed by atoms with E-state index in [-0.39, 0.29) is 10.3 Å². The second kappa shape index (κ2) is 4.04. The maximum atomic E-state index is 12.2. The van der Waals surface area contributed by atoms with Gasteiger partial charge in [0.1, 0.15) is 0 Å². The molecule has 0 aromatic rings. The summed E-state index contributed by atoms with van der Waals surface area (Å²) >= 11 is -2.35. The third kappa shape index (κ3) is 4.34. The number of halogens is 2. The van der Waals surface area contributed by atoms with Crippen LogP contribution in [0.3, 0.4) is 0 Å². The zero-order valence-electron chi connectivity index (χ0n) is 6.73. The fourth-order valence-corrected chi connectivity index (χ4v) is 3.55. The number of rotatable bonds is 4. The van der Waals surface area contributed by atoms with Crippen molar-refractivity contribution < 1.29 is 32.7 Å². The summed E-state index contributed by atoms with van der Waals surface area (Å²) in [6.45, 7) is 3.37. The van der Waals surface area contributed by atoms with Crippen LogP contribution in [0.5, 0.6) is 0 Å². The first-order chi connectivity index (χ1) is 4.89. The van der Waals surface area contributed by atoms with Gasteiger partial charge in [0.25, 0.3) is 0 Å². The quantitative estimate of drug-likeness (QED) is 0.365. The number of hydrogen-bond acceptors (Lipinski definition) is 1. The van der Waals surface area contributed by atoms with Crippen molar-refractivity contribution >= 4 is 5.97 Å². The van der Waals surface area contributed by atoms with Crippen LogP contribution >= 0.6 is 0 Å². The van der Waals surface area contributed by atoms with Gasteiger partial charge in [-0.3, -0.25) is 0 Å². The third-order valence-electron chi connectivity index (χ3n) is 1.10. The van der Waals surface area contributed by atoms with E-state index >= 15 is 0 Å². The van der Waals surface area contributed by atoms with Crippen LogP contribution in [0.4, 0.5) is 4.39 Å². The molecule has 0 aliphatic carbocycles. The fraction of sp³-hybridized carbons (Fsp3) is 0.571. The van der Waals surface area contributed by atoms with Gasteiger partial charge in [-0.25, -0.2) is 0 Å². The molecule has 0 aliphatic rings. The van der Waals surface area contributed by atoms with Crippen LogP contribution in [0, 0.1) is 0 Å². The van der Waals surface area contributed by atoms with E-state index in [2.05, 4.69) is 6.58 Å². The Labute approximate surface area is 70.0 Å². The van der Waals surface area contributed by atoms with Gasteiger partial charge in [0.05, 0.1) is 0 Å². The number of aliphatic carboxylic acids is 1. The van der Waals surface area contributed by atoms with Crippen molar-refractivity contribution in [1.29, 1.82) is 0 Å². The summed E-state index contributed by atoms with van der Waals surface area (Å²) in [7, 11) is 0. The zero-order chi connectivity index (χ0) is 9.07. The molecule has 0 rings (SSSR count). The van der Waals surface area contributed by atoms with E-state index < -0.39 is 24.4 Å². The Morgan fingerprint density at radius 3 is 2.36 bits per heavy atom. The number of carboxylic acids is 1. The minimum atomic E-state index is -2.35. The van der Waals surface area contributed by atoms with Gasteiger partial charge < -0.3 is 0 Å². The number of carbonyl (C=O) groups is 1. The van der Waals surface area contributed by atoms with Gasteiger partial charge in [-0.05, 0) is 0 Å². The molecule has 0 amide bonds. The molecule has 0 aromatic heterocycles. The van der Waals surface area contributed by atoms with Crippen LogP contribution in [0.25, 0.3) is 0 Å². The van der Waals surface area contributed by atoms with Crippen LogP contribution in [-0.2, 0) is 4.79 Å². The molecule has 1 N–H and O–H groups in total. The van der Waals surface area contributed by atoms with E-state index in [9.17, 15) is 9.18 Å². The van der Waals surface area contributed by atoms with E-state index in [1.165, 1.54) is 0 Å². The van der Waals surface area contributed by atoms with Crippen LogP contribution < -0.4 is 18.4 Å². The third-order valence-corrected chi connectivity index (χ3v) is 5.65. The molecule has 2 nitrogen and oxygen atoms in total. The molecular weight excluding hydrogens is 262 g/mol. The molecule has 0 spiro atoms. The van der Waals surface area contributed by atoms with Crippen molar-refractivity contribution in [1.82, 2.24) is 0 Å². The normalized spacial score (nSPS) is 12.6. The van der Waals surface area contributed by atoms with Crippen molar-refractivity contribution in [2.24, 2.45) is 0 Å². The molecule has 4 heteroatoms. The average Bonchev–Trinajstić information content (AvgIpc) is 1.87. The van der Waals surface area contributed by atoms with Gasteiger partial charge in [0, 0.05) is 0 Å². The predicted octanol–water partition coefficient (Wildman–Crippen LogP) is -2.03. The second-order valence-electron chi connectivity index (χ2n) is 2.78. The number of alkyl halides is 5. The molecule has 0 unspecified atom stereocenters. The van der Waals surface area contributed by atoms with Gasteiger partial charge in [-0.2, -0.15) is 0 Å². The van der Waals surface area contributed by atoms with Crippen LogP contribution in [0.15, 0.2) is 12.2 Å². The van der Waals surface area contributed by atoms with Gasteiger partial charge >= 0.3 is 69.8 Å². The summed E-state index contributed by atoms with van der Waals surface area (Å²) in [6.07, 6.45) is 0. The van der Waals surface area contributed by atoms with Crippen LogP contribution in [-0.4, -0.2) is 30.0 Å². The van der Waals surface area contributed by atoms with E-state index in [1.807, 2.05) is 9.86 Å². The van der Waals surface area contributed by atoms with Crippen LogP contribution in [0.1, 0.15) is 0 Å². The summed E-state index contributed by atoms with van der Waals surface area (Å²) < 4.78 is 12.3. The van der Waals surface area contributed by atoms with Crippen molar-refractivity contribution in [3.63, 3.8) is 0 Å². The van der Waals surface area contributed by atoms with Crippen LogP contribution in [0.2, 0.25) is 0 Å². The second-order valence-corrected chi connectivity index (χ2v) is 13.5. The first-order valence-electron chi connectivity index (χ1n) is 2.94. The number of carboxylic acid groups (broad SMARTS) is 1. The molecule has 0 saturated heterocycles. The van der Waals surface area contributed by atoms with Crippen molar-refractivity contribution in [2.45, 2.75) is 0 Å². The Morgan fingerprint density at radius 2 is 2.09 bits per heavy atom. The summed E-state index contributed by atoms with van der Waals surface area (Å²) in [5.74, 6) is -1.00. The maximum absolute atomic E-state index is 12.2. The van der Waals surface area contributed by atoms with E-state index in [4.69, 9.17) is 5.11 Å². The summed E-state index contributed by atoms with van der Waals surface area (Å²) in [5.41, 5.74) is 0.143. The van der Waals surface area contributed by atoms with Gasteiger partial charge in [-0.15, -0.1) is 0 Å². The Kier molecular flexibility index (Phi) is 3.99. The molecule has 0 radical (unpaired) electrons. The molecular formula is C7H13FIO2-. The fourth-order valence-electron chi connectivity index (χ4n) is 0.530. The molecule has 0 aliphatic heterocycles. The van der Waals surface area contributed by atoms with E-state index in [1.54, 1.807) is 0 Å². The minimum absolute atomic E-state index is 0.143. The molecule has 68 valence electrons. The molecule has 0 bridgehead atoms. The molecule has 0 fully saturated rings. The Bertz CT molecular complexity index is 177. The molecule has 11 heavy (non-hydrogen) atoms. The van der Waals surface area contributed by atoms with Gasteiger partial charge in [0.2, 0.25) is 0 Å². The van der Waals surface area contributed by atoms with Crippen molar-refractivity contribution in [2.75, 3.05) is 19.0 Å². The summed E-state index contributed by atoms with van der Waals surface area (Å²) in [5, 5.41) is 8.45. The first kappa shape index (κ1) is 10.9. The van der Waals surface area contributed by atoms with E-state index in [0.29, 0.717) is 4.43 Å². The van der Waals surface area contributed by atoms with Crippen molar-refractivity contribution in [3.8, 4) is 0 Å². The molecule has 0 heterocycles. The topological polar surface area (TPSA) is 37.3 Å². The van der Waals surface area contributed by atoms with Crippen molar-refractivity contribution in [3.05, 3.63) is 12.2 Å². The molecule has 0 aromatic carbocycles. The predicted molar refractivity (Wildman–Crippen MR) is 39.5 cm³/mol. The first-order valence-corrected chi connectivity index (χ1v) is 10.3. The summed E-state index contributed by atoms with van der Waals surface area (Å²) in [4.78, 5) is 14.0. The SMILES string of the molecule is C=C(C[I-](C)(C)CF)C(=O)O. The Morgan fingerprint density at radius 1 is 1.64 bits per heavy atom. The zero-order valence-corrected chi connectivity index (χ0v) is 8.89.